The molecule has 4 heteroatoms. The van der Waals surface area contributed by atoms with Gasteiger partial charge in [0.2, 0.25) is 6.79 Å². The molecule has 2 heterocycles. The molecule has 3 rings (SSSR count). The fraction of sp³-hybridized carbons (Fsp3) is 0.500. The summed E-state index contributed by atoms with van der Waals surface area (Å²) < 4.78 is 16.5. The van der Waals surface area contributed by atoms with Gasteiger partial charge in [0.1, 0.15) is 11.9 Å². The number of benzene rings is 1. The molecule has 0 saturated carbocycles. The Bertz CT molecular complexity index is 419. The number of hydrogen-bond donors (Lipinski definition) is 1. The quantitative estimate of drug-likeness (QED) is 0.827. The lowest BCUT2D eigenvalue weighted by atomic mass is 10.0. The fourth-order valence-electron chi connectivity index (χ4n) is 2.30. The SMILES string of the molecule is CCNC1c2cc3c(cc2OC1C)OCO3. The maximum absolute atomic E-state index is 5.80. The fourth-order valence-corrected chi connectivity index (χ4v) is 2.30. The van der Waals surface area contributed by atoms with Crippen molar-refractivity contribution in [2.75, 3.05) is 13.3 Å². The van der Waals surface area contributed by atoms with Crippen LogP contribution in [0.2, 0.25) is 0 Å². The van der Waals surface area contributed by atoms with Crippen LogP contribution in [0.25, 0.3) is 0 Å². The van der Waals surface area contributed by atoms with Crippen LogP contribution in [0.3, 0.4) is 0 Å². The van der Waals surface area contributed by atoms with Gasteiger partial charge in [0, 0.05) is 11.6 Å². The second-order valence-electron chi connectivity index (χ2n) is 4.10. The van der Waals surface area contributed by atoms with Gasteiger partial charge in [0.15, 0.2) is 11.5 Å². The first kappa shape index (κ1) is 9.78. The molecule has 0 saturated heterocycles. The van der Waals surface area contributed by atoms with Gasteiger partial charge in [-0.15, -0.1) is 0 Å². The van der Waals surface area contributed by atoms with E-state index in [-0.39, 0.29) is 12.1 Å². The summed E-state index contributed by atoms with van der Waals surface area (Å²) in [6, 6.07) is 4.19. The van der Waals surface area contributed by atoms with Crippen LogP contribution in [0.4, 0.5) is 0 Å². The third-order valence-electron chi connectivity index (χ3n) is 3.05. The van der Waals surface area contributed by atoms with Gasteiger partial charge >= 0.3 is 0 Å². The van der Waals surface area contributed by atoms with Gasteiger partial charge in [-0.05, 0) is 19.5 Å². The van der Waals surface area contributed by atoms with Crippen molar-refractivity contribution in [1.29, 1.82) is 0 Å². The maximum atomic E-state index is 5.80. The molecule has 0 aromatic heterocycles. The Kier molecular flexibility index (Phi) is 2.17. The first-order valence-corrected chi connectivity index (χ1v) is 5.63. The summed E-state index contributed by atoms with van der Waals surface area (Å²) in [6.45, 7) is 5.39. The number of rotatable bonds is 2. The molecule has 1 aromatic rings. The number of nitrogens with one attached hydrogen (secondary N) is 1. The number of hydrogen-bond acceptors (Lipinski definition) is 4. The van der Waals surface area contributed by atoms with Gasteiger partial charge < -0.3 is 19.5 Å². The van der Waals surface area contributed by atoms with Gasteiger partial charge in [-0.3, -0.25) is 0 Å². The van der Waals surface area contributed by atoms with Crippen LogP contribution in [0, 0.1) is 0 Å². The van der Waals surface area contributed by atoms with E-state index in [0.29, 0.717) is 6.79 Å². The molecule has 2 atom stereocenters. The second-order valence-corrected chi connectivity index (χ2v) is 4.10. The molecule has 2 unspecified atom stereocenters. The number of likely N-dealkylation sites (N-methyl/N-ethyl adjacent to an activating group) is 1. The molecule has 0 aliphatic carbocycles. The average molecular weight is 221 g/mol. The Balaban J connectivity index is 2.01. The van der Waals surface area contributed by atoms with Crippen LogP contribution in [-0.2, 0) is 0 Å². The molecule has 2 aliphatic rings. The summed E-state index contributed by atoms with van der Waals surface area (Å²) in [6.07, 6.45) is 0.150. The van der Waals surface area contributed by atoms with E-state index in [1.165, 1.54) is 5.56 Å². The third-order valence-corrected chi connectivity index (χ3v) is 3.05. The van der Waals surface area contributed by atoms with Crippen molar-refractivity contribution in [3.05, 3.63) is 17.7 Å². The molecule has 1 aromatic carbocycles. The topological polar surface area (TPSA) is 39.7 Å². The van der Waals surface area contributed by atoms with Crippen molar-refractivity contribution < 1.29 is 14.2 Å². The van der Waals surface area contributed by atoms with E-state index in [0.717, 1.165) is 23.8 Å². The largest absolute Gasteiger partial charge is 0.488 e. The molecule has 0 bridgehead atoms. The van der Waals surface area contributed by atoms with E-state index in [4.69, 9.17) is 14.2 Å². The molecule has 2 aliphatic heterocycles. The van der Waals surface area contributed by atoms with Crippen LogP contribution in [0.5, 0.6) is 17.2 Å². The Morgan fingerprint density at radius 2 is 2.00 bits per heavy atom. The monoisotopic (exact) mass is 221 g/mol. The number of ether oxygens (including phenoxy) is 3. The molecular formula is C12H15NO3. The highest BCUT2D eigenvalue weighted by Gasteiger charge is 2.33. The molecule has 1 N–H and O–H groups in total. The molecule has 0 amide bonds. The predicted molar refractivity (Wildman–Crippen MR) is 59.1 cm³/mol. The lowest BCUT2D eigenvalue weighted by molar-refractivity contribution is 0.172. The normalized spacial score (nSPS) is 25.4. The zero-order valence-electron chi connectivity index (χ0n) is 9.45. The Labute approximate surface area is 94.5 Å². The summed E-state index contributed by atoms with van der Waals surface area (Å²) >= 11 is 0. The van der Waals surface area contributed by atoms with Crippen molar-refractivity contribution in [3.63, 3.8) is 0 Å². The molecule has 16 heavy (non-hydrogen) atoms. The molecular weight excluding hydrogens is 206 g/mol. The highest BCUT2D eigenvalue weighted by molar-refractivity contribution is 5.54. The second kappa shape index (κ2) is 3.56. The Morgan fingerprint density at radius 1 is 1.25 bits per heavy atom. The lowest BCUT2D eigenvalue weighted by Crippen LogP contribution is -2.28. The van der Waals surface area contributed by atoms with Crippen LogP contribution < -0.4 is 19.5 Å². The molecule has 4 nitrogen and oxygen atoms in total. The van der Waals surface area contributed by atoms with Crippen molar-refractivity contribution in [1.82, 2.24) is 5.32 Å². The van der Waals surface area contributed by atoms with Crippen LogP contribution in [0.15, 0.2) is 12.1 Å². The molecule has 0 spiro atoms. The minimum absolute atomic E-state index is 0.150. The average Bonchev–Trinajstić information content (AvgIpc) is 2.81. The first-order valence-electron chi connectivity index (χ1n) is 5.63. The maximum Gasteiger partial charge on any atom is 0.231 e. The van der Waals surface area contributed by atoms with E-state index in [9.17, 15) is 0 Å². The molecule has 0 radical (unpaired) electrons. The Morgan fingerprint density at radius 3 is 2.75 bits per heavy atom. The van der Waals surface area contributed by atoms with E-state index in [1.54, 1.807) is 0 Å². The minimum Gasteiger partial charge on any atom is -0.488 e. The summed E-state index contributed by atoms with van der Waals surface area (Å²) in [5, 5.41) is 3.42. The highest BCUT2D eigenvalue weighted by atomic mass is 16.7. The zero-order chi connectivity index (χ0) is 11.1. The van der Waals surface area contributed by atoms with E-state index >= 15 is 0 Å². The smallest absolute Gasteiger partial charge is 0.231 e. The van der Waals surface area contributed by atoms with Gasteiger partial charge in [0.25, 0.3) is 0 Å². The molecule has 86 valence electrons. The van der Waals surface area contributed by atoms with Crippen molar-refractivity contribution in [2.45, 2.75) is 26.0 Å². The van der Waals surface area contributed by atoms with Crippen molar-refractivity contribution >= 4 is 0 Å². The third kappa shape index (κ3) is 1.33. The van der Waals surface area contributed by atoms with Gasteiger partial charge in [-0.25, -0.2) is 0 Å². The van der Waals surface area contributed by atoms with Crippen LogP contribution in [0.1, 0.15) is 25.5 Å². The van der Waals surface area contributed by atoms with Crippen molar-refractivity contribution in [2.24, 2.45) is 0 Å². The minimum atomic E-state index is 0.150. The lowest BCUT2D eigenvalue weighted by Gasteiger charge is -2.15. The van der Waals surface area contributed by atoms with E-state index < -0.39 is 0 Å². The predicted octanol–water partition coefficient (Wildman–Crippen LogP) is 1.85. The standard InChI is InChI=1S/C12H15NO3/c1-3-13-12-7(2)16-9-5-11-10(4-8(9)12)14-6-15-11/h4-5,7,12-13H,3,6H2,1-2H3. The Hall–Kier alpha value is -1.42. The highest BCUT2D eigenvalue weighted by Crippen LogP contribution is 2.45. The first-order chi connectivity index (χ1) is 7.79. The van der Waals surface area contributed by atoms with Gasteiger partial charge in [-0.1, -0.05) is 6.92 Å². The van der Waals surface area contributed by atoms with Gasteiger partial charge in [0.05, 0.1) is 6.04 Å². The number of fused-ring (bicyclic) bond motifs is 2. The zero-order valence-corrected chi connectivity index (χ0v) is 9.45. The van der Waals surface area contributed by atoms with E-state index in [1.807, 2.05) is 12.1 Å². The van der Waals surface area contributed by atoms with Crippen LogP contribution >= 0.6 is 0 Å². The summed E-state index contributed by atoms with van der Waals surface area (Å²) in [4.78, 5) is 0. The summed E-state index contributed by atoms with van der Waals surface area (Å²) in [5.41, 5.74) is 1.17. The van der Waals surface area contributed by atoms with Gasteiger partial charge in [-0.2, -0.15) is 0 Å². The van der Waals surface area contributed by atoms with Crippen molar-refractivity contribution in [3.8, 4) is 17.2 Å². The summed E-state index contributed by atoms with van der Waals surface area (Å²) in [7, 11) is 0. The molecule has 0 fully saturated rings. The van der Waals surface area contributed by atoms with Crippen LogP contribution in [-0.4, -0.2) is 19.4 Å². The van der Waals surface area contributed by atoms with E-state index in [2.05, 4.69) is 19.2 Å². The summed E-state index contributed by atoms with van der Waals surface area (Å²) in [5.74, 6) is 2.50.